The lowest BCUT2D eigenvalue weighted by Gasteiger charge is -2.36. The molecule has 0 spiro atoms. The minimum atomic E-state index is -0.592. The fourth-order valence-electron chi connectivity index (χ4n) is 2.85. The van der Waals surface area contributed by atoms with E-state index in [0.29, 0.717) is 32.5 Å². The van der Waals surface area contributed by atoms with Gasteiger partial charge in [0, 0.05) is 19.3 Å². The molecule has 0 unspecified atom stereocenters. The van der Waals surface area contributed by atoms with Crippen LogP contribution in [0.25, 0.3) is 0 Å². The molecule has 0 aromatic carbocycles. The average molecular weight is 301 g/mol. The Balaban J connectivity index is 2.02. The van der Waals surface area contributed by atoms with Gasteiger partial charge in [-0.25, -0.2) is 4.79 Å². The van der Waals surface area contributed by atoms with E-state index in [1.54, 1.807) is 11.1 Å². The third-order valence-corrected chi connectivity index (χ3v) is 4.28. The number of carbonyl (C=O) groups excluding carboxylic acids is 1. The van der Waals surface area contributed by atoms with Crippen LogP contribution in [0.3, 0.4) is 0 Å². The van der Waals surface area contributed by atoms with Crippen LogP contribution in [-0.4, -0.2) is 35.7 Å². The Morgan fingerprint density at radius 2 is 2.23 bits per heavy atom. The van der Waals surface area contributed by atoms with E-state index in [4.69, 9.17) is 4.74 Å². The van der Waals surface area contributed by atoms with Crippen molar-refractivity contribution in [1.82, 2.24) is 9.88 Å². The molecule has 1 aromatic heterocycles. The predicted molar refractivity (Wildman–Crippen MR) is 83.3 cm³/mol. The molecule has 0 aliphatic carbocycles. The summed E-state index contributed by atoms with van der Waals surface area (Å²) in [7, 11) is 0. The molecule has 1 aliphatic heterocycles. The molecule has 0 atom stereocenters. The lowest BCUT2D eigenvalue weighted by molar-refractivity contribution is 0.0866. The van der Waals surface area contributed by atoms with E-state index >= 15 is 0 Å². The molecule has 1 aliphatic rings. The highest BCUT2D eigenvalue weighted by Gasteiger charge is 2.40. The summed E-state index contributed by atoms with van der Waals surface area (Å²) in [5.41, 5.74) is 1.28. The smallest absolute Gasteiger partial charge is 0.409 e. The van der Waals surface area contributed by atoms with Gasteiger partial charge in [-0.05, 0) is 37.8 Å². The number of unbranched alkanes of at least 4 members (excludes halogenated alkanes) is 1. The summed E-state index contributed by atoms with van der Waals surface area (Å²) in [6.45, 7) is 5.58. The first-order valence-electron chi connectivity index (χ1n) is 7.88. The van der Waals surface area contributed by atoms with Crippen LogP contribution in [0.1, 0.15) is 43.9 Å². The minimum Gasteiger partial charge on any atom is -0.449 e. The van der Waals surface area contributed by atoms with Crippen molar-refractivity contribution in [3.63, 3.8) is 0 Å². The molecule has 0 N–H and O–H groups in total. The normalized spacial score (nSPS) is 16.9. The van der Waals surface area contributed by atoms with Crippen molar-refractivity contribution >= 4 is 6.09 Å². The van der Waals surface area contributed by atoms with Gasteiger partial charge in [-0.1, -0.05) is 19.4 Å². The summed E-state index contributed by atoms with van der Waals surface area (Å²) in [6, 6.07) is 6.30. The number of hydrogen-bond donors (Lipinski definition) is 0. The van der Waals surface area contributed by atoms with Crippen molar-refractivity contribution in [3.05, 3.63) is 29.6 Å². The van der Waals surface area contributed by atoms with Gasteiger partial charge in [0.2, 0.25) is 0 Å². The highest BCUT2D eigenvalue weighted by molar-refractivity contribution is 5.67. The minimum absolute atomic E-state index is 0.266. The zero-order chi connectivity index (χ0) is 16.0. The van der Waals surface area contributed by atoms with Crippen LogP contribution >= 0.6 is 0 Å². The molecule has 0 saturated carbocycles. The topological polar surface area (TPSA) is 66.2 Å². The average Bonchev–Trinajstić information content (AvgIpc) is 2.55. The number of ether oxygens (including phenoxy) is 1. The number of aromatic nitrogens is 1. The van der Waals surface area contributed by atoms with Crippen LogP contribution in [0.15, 0.2) is 18.3 Å². The molecule has 1 saturated heterocycles. The lowest BCUT2D eigenvalue weighted by atomic mass is 9.75. The monoisotopic (exact) mass is 301 g/mol. The molecule has 2 heterocycles. The van der Waals surface area contributed by atoms with Crippen molar-refractivity contribution in [1.29, 1.82) is 5.26 Å². The molecule has 5 heteroatoms. The van der Waals surface area contributed by atoms with Crippen molar-refractivity contribution in [3.8, 4) is 6.07 Å². The van der Waals surface area contributed by atoms with Gasteiger partial charge in [0.05, 0.1) is 18.4 Å². The van der Waals surface area contributed by atoms with Crippen LogP contribution in [0.4, 0.5) is 4.79 Å². The Hall–Kier alpha value is -2.09. The van der Waals surface area contributed by atoms with Crippen LogP contribution in [0.2, 0.25) is 0 Å². The zero-order valence-corrected chi connectivity index (χ0v) is 13.3. The van der Waals surface area contributed by atoms with Crippen molar-refractivity contribution < 1.29 is 9.53 Å². The second-order valence-corrected chi connectivity index (χ2v) is 5.82. The predicted octanol–water partition coefficient (Wildman–Crippen LogP) is 3.18. The number of nitrogens with zero attached hydrogens (tertiary/aromatic N) is 3. The van der Waals surface area contributed by atoms with Crippen LogP contribution in [0.5, 0.6) is 0 Å². The summed E-state index contributed by atoms with van der Waals surface area (Å²) in [5, 5.41) is 9.69. The third-order valence-electron chi connectivity index (χ3n) is 4.28. The molecule has 118 valence electrons. The van der Waals surface area contributed by atoms with E-state index in [0.717, 1.165) is 24.1 Å². The number of piperidine rings is 1. The molecule has 1 fully saturated rings. The fourth-order valence-corrected chi connectivity index (χ4v) is 2.85. The Bertz CT molecular complexity index is 557. The first kappa shape index (κ1) is 16.3. The SMILES string of the molecule is CCCCOC(=O)N1CCC(C#N)(c2ncccc2C)CC1. The number of nitriles is 1. The number of likely N-dealkylation sites (tertiary alicyclic amines) is 1. The van der Waals surface area contributed by atoms with Gasteiger partial charge in [0.1, 0.15) is 5.41 Å². The van der Waals surface area contributed by atoms with Gasteiger partial charge in [0.25, 0.3) is 0 Å². The van der Waals surface area contributed by atoms with E-state index in [1.165, 1.54) is 0 Å². The van der Waals surface area contributed by atoms with Gasteiger partial charge in [0.15, 0.2) is 0 Å². The highest BCUT2D eigenvalue weighted by atomic mass is 16.6. The summed E-state index contributed by atoms with van der Waals surface area (Å²) >= 11 is 0. The molecule has 0 radical (unpaired) electrons. The first-order valence-corrected chi connectivity index (χ1v) is 7.88. The Kier molecular flexibility index (Phi) is 5.37. The summed E-state index contributed by atoms with van der Waals surface area (Å²) < 4.78 is 5.24. The van der Waals surface area contributed by atoms with Crippen LogP contribution in [0, 0.1) is 18.3 Å². The van der Waals surface area contributed by atoms with Gasteiger partial charge in [-0.2, -0.15) is 5.26 Å². The molecule has 22 heavy (non-hydrogen) atoms. The Morgan fingerprint density at radius 3 is 2.82 bits per heavy atom. The number of hydrogen-bond acceptors (Lipinski definition) is 4. The van der Waals surface area contributed by atoms with Crippen molar-refractivity contribution in [2.24, 2.45) is 0 Å². The second-order valence-electron chi connectivity index (χ2n) is 5.82. The molecular formula is C17H23N3O2. The number of rotatable bonds is 4. The first-order chi connectivity index (χ1) is 10.6. The van der Waals surface area contributed by atoms with E-state index < -0.39 is 5.41 Å². The molecule has 0 bridgehead atoms. The summed E-state index contributed by atoms with van der Waals surface area (Å²) in [4.78, 5) is 18.1. The van der Waals surface area contributed by atoms with Gasteiger partial charge < -0.3 is 9.64 Å². The number of amides is 1. The highest BCUT2D eigenvalue weighted by Crippen LogP contribution is 2.35. The number of aryl methyl sites for hydroxylation is 1. The van der Waals surface area contributed by atoms with Gasteiger partial charge in [-0.3, -0.25) is 4.98 Å². The van der Waals surface area contributed by atoms with Crippen molar-refractivity contribution in [2.45, 2.75) is 44.9 Å². The van der Waals surface area contributed by atoms with Crippen molar-refractivity contribution in [2.75, 3.05) is 19.7 Å². The Morgan fingerprint density at radius 1 is 1.50 bits per heavy atom. The Labute approximate surface area is 131 Å². The van der Waals surface area contributed by atoms with E-state index in [1.807, 2.05) is 19.1 Å². The maximum absolute atomic E-state index is 12.0. The van der Waals surface area contributed by atoms with Crippen LogP contribution in [-0.2, 0) is 10.2 Å². The maximum Gasteiger partial charge on any atom is 0.409 e. The van der Waals surface area contributed by atoms with Gasteiger partial charge in [-0.15, -0.1) is 0 Å². The molecule has 2 rings (SSSR count). The van der Waals surface area contributed by atoms with E-state index in [2.05, 4.69) is 18.0 Å². The standard InChI is InChI=1S/C17H23N3O2/c1-3-4-12-22-16(21)20-10-7-17(13-18,8-11-20)15-14(2)6-5-9-19-15/h5-6,9H,3-4,7-8,10-12H2,1-2H3. The lowest BCUT2D eigenvalue weighted by Crippen LogP contribution is -2.45. The largest absolute Gasteiger partial charge is 0.449 e. The molecular weight excluding hydrogens is 278 g/mol. The maximum atomic E-state index is 12.0. The van der Waals surface area contributed by atoms with E-state index in [9.17, 15) is 10.1 Å². The summed E-state index contributed by atoms with van der Waals surface area (Å²) in [6.07, 6.45) is 4.55. The van der Waals surface area contributed by atoms with Gasteiger partial charge >= 0.3 is 6.09 Å². The van der Waals surface area contributed by atoms with Crippen LogP contribution < -0.4 is 0 Å². The molecule has 1 aromatic rings. The zero-order valence-electron chi connectivity index (χ0n) is 13.3. The fraction of sp³-hybridized carbons (Fsp3) is 0.588. The number of pyridine rings is 1. The molecule has 1 amide bonds. The quantitative estimate of drug-likeness (QED) is 0.801. The molecule has 5 nitrogen and oxygen atoms in total. The van der Waals surface area contributed by atoms with E-state index in [-0.39, 0.29) is 6.09 Å². The number of carbonyl (C=O) groups is 1. The second kappa shape index (κ2) is 7.26. The third kappa shape index (κ3) is 3.38. The summed E-state index contributed by atoms with van der Waals surface area (Å²) in [5.74, 6) is 0.